The van der Waals surface area contributed by atoms with Crippen LogP contribution in [-0.2, 0) is 6.54 Å². The Hall–Kier alpha value is -1.51. The van der Waals surface area contributed by atoms with E-state index in [1.54, 1.807) is 23.1 Å². The van der Waals surface area contributed by atoms with Gasteiger partial charge in [-0.1, -0.05) is 6.92 Å². The molecule has 0 saturated heterocycles. The highest BCUT2D eigenvalue weighted by atomic mass is 16.3. The smallest absolute Gasteiger partial charge is 0.261 e. The number of nitrogens with zero attached hydrogens (tertiary/aromatic N) is 1. The first kappa shape index (κ1) is 8.10. The molecule has 0 aromatic carbocycles. The Morgan fingerprint density at radius 1 is 1.46 bits per heavy atom. The molecular formula is C10H11NO2. The van der Waals surface area contributed by atoms with Crippen molar-refractivity contribution in [2.75, 3.05) is 0 Å². The highest BCUT2D eigenvalue weighted by Gasteiger charge is 2.03. The van der Waals surface area contributed by atoms with Crippen LogP contribution in [0.25, 0.3) is 11.0 Å². The van der Waals surface area contributed by atoms with Gasteiger partial charge >= 0.3 is 0 Å². The number of rotatable bonds is 2. The lowest BCUT2D eigenvalue weighted by Crippen LogP contribution is -2.18. The van der Waals surface area contributed by atoms with Crippen LogP contribution >= 0.6 is 0 Å². The summed E-state index contributed by atoms with van der Waals surface area (Å²) >= 11 is 0. The van der Waals surface area contributed by atoms with Crippen molar-refractivity contribution >= 4 is 11.0 Å². The van der Waals surface area contributed by atoms with Crippen LogP contribution in [0.1, 0.15) is 13.3 Å². The van der Waals surface area contributed by atoms with Crippen LogP contribution < -0.4 is 5.56 Å². The molecule has 2 aromatic rings. The molecular weight excluding hydrogens is 166 g/mol. The van der Waals surface area contributed by atoms with Gasteiger partial charge in [0.15, 0.2) is 0 Å². The summed E-state index contributed by atoms with van der Waals surface area (Å²) in [6.07, 6.45) is 4.28. The van der Waals surface area contributed by atoms with E-state index in [1.807, 2.05) is 13.0 Å². The van der Waals surface area contributed by atoms with Crippen molar-refractivity contribution in [2.24, 2.45) is 0 Å². The minimum Gasteiger partial charge on any atom is -0.464 e. The molecule has 0 atom stereocenters. The Balaban J connectivity index is 2.67. The molecule has 0 saturated carbocycles. The summed E-state index contributed by atoms with van der Waals surface area (Å²) in [5.41, 5.74) is 0.699. The van der Waals surface area contributed by atoms with Crippen LogP contribution in [0, 0.1) is 0 Å². The van der Waals surface area contributed by atoms with Gasteiger partial charge in [-0.05, 0) is 18.6 Å². The summed E-state index contributed by atoms with van der Waals surface area (Å²) < 4.78 is 6.82. The third kappa shape index (κ3) is 1.26. The maximum Gasteiger partial charge on any atom is 0.261 e. The molecule has 0 aliphatic carbocycles. The van der Waals surface area contributed by atoms with Crippen LogP contribution in [0.5, 0.6) is 0 Å². The van der Waals surface area contributed by atoms with Crippen molar-refractivity contribution in [2.45, 2.75) is 19.9 Å². The van der Waals surface area contributed by atoms with E-state index in [2.05, 4.69) is 0 Å². The number of aryl methyl sites for hydroxylation is 1. The number of furan rings is 1. The Bertz CT molecular complexity index is 467. The van der Waals surface area contributed by atoms with E-state index in [-0.39, 0.29) is 5.56 Å². The monoisotopic (exact) mass is 177 g/mol. The normalized spacial score (nSPS) is 10.8. The second kappa shape index (κ2) is 3.09. The Labute approximate surface area is 75.6 Å². The topological polar surface area (TPSA) is 35.1 Å². The van der Waals surface area contributed by atoms with Crippen molar-refractivity contribution in [1.82, 2.24) is 4.57 Å². The van der Waals surface area contributed by atoms with Gasteiger partial charge in [-0.3, -0.25) is 4.79 Å². The van der Waals surface area contributed by atoms with Crippen molar-refractivity contribution in [3.63, 3.8) is 0 Å². The average molecular weight is 177 g/mol. The lowest BCUT2D eigenvalue weighted by Gasteiger charge is -2.01. The summed E-state index contributed by atoms with van der Waals surface area (Å²) in [6.45, 7) is 2.81. The molecule has 13 heavy (non-hydrogen) atoms. The van der Waals surface area contributed by atoms with E-state index < -0.39 is 0 Å². The van der Waals surface area contributed by atoms with Crippen LogP contribution in [0.4, 0.5) is 0 Å². The molecule has 0 bridgehead atoms. The molecule has 0 aliphatic heterocycles. The van der Waals surface area contributed by atoms with Crippen LogP contribution in [0.3, 0.4) is 0 Å². The van der Waals surface area contributed by atoms with Crippen molar-refractivity contribution in [3.05, 3.63) is 34.9 Å². The lowest BCUT2D eigenvalue weighted by molar-refractivity contribution is 0.610. The van der Waals surface area contributed by atoms with Gasteiger partial charge in [-0.25, -0.2) is 0 Å². The van der Waals surface area contributed by atoms with Gasteiger partial charge in [0.25, 0.3) is 5.56 Å². The highest BCUT2D eigenvalue weighted by molar-refractivity contribution is 5.75. The highest BCUT2D eigenvalue weighted by Crippen LogP contribution is 2.09. The molecule has 3 heteroatoms. The number of aromatic nitrogens is 1. The van der Waals surface area contributed by atoms with E-state index >= 15 is 0 Å². The van der Waals surface area contributed by atoms with Crippen LogP contribution in [-0.4, -0.2) is 4.57 Å². The molecule has 2 heterocycles. The van der Waals surface area contributed by atoms with Crippen molar-refractivity contribution < 1.29 is 4.42 Å². The molecule has 0 N–H and O–H groups in total. The minimum atomic E-state index is 0.0353. The van der Waals surface area contributed by atoms with E-state index in [0.29, 0.717) is 11.0 Å². The Kier molecular flexibility index (Phi) is 1.93. The van der Waals surface area contributed by atoms with Gasteiger partial charge in [0.1, 0.15) is 5.58 Å². The van der Waals surface area contributed by atoms with Gasteiger partial charge in [0, 0.05) is 12.7 Å². The third-order valence-electron chi connectivity index (χ3n) is 2.06. The van der Waals surface area contributed by atoms with Gasteiger partial charge in [-0.2, -0.15) is 0 Å². The van der Waals surface area contributed by atoms with E-state index in [9.17, 15) is 4.79 Å². The molecule has 0 radical (unpaired) electrons. The van der Waals surface area contributed by atoms with Gasteiger partial charge in [-0.15, -0.1) is 0 Å². The summed E-state index contributed by atoms with van der Waals surface area (Å²) in [5, 5.41) is 0.663. The zero-order chi connectivity index (χ0) is 9.26. The Morgan fingerprint density at radius 2 is 2.31 bits per heavy atom. The summed E-state index contributed by atoms with van der Waals surface area (Å²) in [5.74, 6) is 0. The summed E-state index contributed by atoms with van der Waals surface area (Å²) in [6, 6.07) is 3.54. The maximum atomic E-state index is 11.7. The van der Waals surface area contributed by atoms with E-state index in [1.165, 1.54) is 0 Å². The van der Waals surface area contributed by atoms with Crippen LogP contribution in [0.15, 0.2) is 33.8 Å². The number of hydrogen-bond acceptors (Lipinski definition) is 2. The van der Waals surface area contributed by atoms with E-state index in [0.717, 1.165) is 13.0 Å². The van der Waals surface area contributed by atoms with Gasteiger partial charge in [0.05, 0.1) is 11.6 Å². The third-order valence-corrected chi connectivity index (χ3v) is 2.06. The average Bonchev–Trinajstić information content (AvgIpc) is 2.58. The first-order valence-electron chi connectivity index (χ1n) is 4.39. The summed E-state index contributed by atoms with van der Waals surface area (Å²) in [4.78, 5) is 11.7. The van der Waals surface area contributed by atoms with Gasteiger partial charge in [0.2, 0.25) is 0 Å². The quantitative estimate of drug-likeness (QED) is 0.703. The zero-order valence-corrected chi connectivity index (χ0v) is 7.49. The van der Waals surface area contributed by atoms with Crippen molar-refractivity contribution in [3.8, 4) is 0 Å². The maximum absolute atomic E-state index is 11.7. The first-order chi connectivity index (χ1) is 6.33. The number of fused-ring (bicyclic) bond motifs is 1. The van der Waals surface area contributed by atoms with Crippen molar-refractivity contribution in [1.29, 1.82) is 0 Å². The predicted molar refractivity (Wildman–Crippen MR) is 50.8 cm³/mol. The second-order valence-electron chi connectivity index (χ2n) is 3.01. The molecule has 0 spiro atoms. The Morgan fingerprint density at radius 3 is 3.08 bits per heavy atom. The standard InChI is InChI=1S/C10H11NO2/c1-2-5-11-6-3-9-8(10(11)12)4-7-13-9/h3-4,6-7H,2,5H2,1H3. The zero-order valence-electron chi connectivity index (χ0n) is 7.49. The van der Waals surface area contributed by atoms with E-state index in [4.69, 9.17) is 4.42 Å². The summed E-state index contributed by atoms with van der Waals surface area (Å²) in [7, 11) is 0. The largest absolute Gasteiger partial charge is 0.464 e. The molecule has 3 nitrogen and oxygen atoms in total. The van der Waals surface area contributed by atoms with Crippen LogP contribution in [0.2, 0.25) is 0 Å². The molecule has 2 rings (SSSR count). The number of pyridine rings is 1. The molecule has 0 aliphatic rings. The molecule has 0 amide bonds. The predicted octanol–water partition coefficient (Wildman–Crippen LogP) is 2.00. The lowest BCUT2D eigenvalue weighted by atomic mass is 10.3. The fourth-order valence-electron chi connectivity index (χ4n) is 1.42. The molecule has 0 fully saturated rings. The number of hydrogen-bond donors (Lipinski definition) is 0. The van der Waals surface area contributed by atoms with Gasteiger partial charge < -0.3 is 8.98 Å². The fraction of sp³-hybridized carbons (Fsp3) is 0.300. The molecule has 0 unspecified atom stereocenters. The molecule has 68 valence electrons. The molecule has 2 aromatic heterocycles. The minimum absolute atomic E-state index is 0.0353. The first-order valence-corrected chi connectivity index (χ1v) is 4.39. The second-order valence-corrected chi connectivity index (χ2v) is 3.01. The SMILES string of the molecule is CCCn1ccc2occc2c1=O. The fourth-order valence-corrected chi connectivity index (χ4v) is 1.42.